The van der Waals surface area contributed by atoms with Gasteiger partial charge >= 0.3 is 5.97 Å². The van der Waals surface area contributed by atoms with Crippen LogP contribution >= 0.6 is 0 Å². The van der Waals surface area contributed by atoms with Crippen molar-refractivity contribution < 1.29 is 37.0 Å². The second-order valence-corrected chi connectivity index (χ2v) is 13.5. The molecule has 1 atom stereocenters. The Balaban J connectivity index is 2.54. The Morgan fingerprint density at radius 1 is 1.07 bits per heavy atom. The maximum atomic E-state index is 16.3. The summed E-state index contributed by atoms with van der Waals surface area (Å²) in [6, 6.07) is 14.0. The summed E-state index contributed by atoms with van der Waals surface area (Å²) in [4.78, 5) is 26.0. The fraction of sp³-hybridized carbons (Fsp3) is 0.500. The molecule has 43 heavy (non-hydrogen) atoms. The zero-order chi connectivity index (χ0) is 32.1. The third kappa shape index (κ3) is 10.8. The van der Waals surface area contributed by atoms with Crippen LogP contribution in [0.2, 0.25) is 0 Å². The summed E-state index contributed by atoms with van der Waals surface area (Å²) >= 11 is 0. The number of aliphatic hydroxyl groups is 1. The molecule has 0 aliphatic heterocycles. The third-order valence-electron chi connectivity index (χ3n) is 7.12. The molecule has 1 unspecified atom stereocenters. The van der Waals surface area contributed by atoms with Gasteiger partial charge in [-0.15, -0.1) is 0 Å². The molecule has 238 valence electrons. The van der Waals surface area contributed by atoms with Crippen molar-refractivity contribution in [1.82, 2.24) is 10.9 Å². The highest BCUT2D eigenvalue weighted by molar-refractivity contribution is 7.91. The lowest BCUT2D eigenvalue weighted by atomic mass is 9.73. The van der Waals surface area contributed by atoms with E-state index in [-0.39, 0.29) is 54.4 Å². The van der Waals surface area contributed by atoms with Crippen molar-refractivity contribution in [2.24, 2.45) is 5.41 Å². The number of halogens is 1. The second kappa shape index (κ2) is 16.7. The van der Waals surface area contributed by atoms with Crippen LogP contribution in [0.5, 0.6) is 0 Å². The number of benzene rings is 2. The van der Waals surface area contributed by atoms with E-state index in [0.717, 1.165) is 5.56 Å². The maximum Gasteiger partial charge on any atom is 0.333 e. The van der Waals surface area contributed by atoms with E-state index in [2.05, 4.69) is 10.9 Å². The van der Waals surface area contributed by atoms with E-state index in [9.17, 15) is 18.0 Å². The third-order valence-corrected chi connectivity index (χ3v) is 9.14. The number of ether oxygens (including phenoxy) is 2. The topological polar surface area (TPSA) is 131 Å². The Kier molecular flexibility index (Phi) is 14.0. The van der Waals surface area contributed by atoms with E-state index >= 15 is 4.39 Å². The molecule has 3 N–H and O–H groups in total. The Morgan fingerprint density at radius 2 is 1.77 bits per heavy atom. The van der Waals surface area contributed by atoms with Crippen LogP contribution in [0.4, 0.5) is 4.39 Å². The highest BCUT2D eigenvalue weighted by Gasteiger charge is 2.43. The molecule has 9 nitrogen and oxygen atoms in total. The molecule has 0 fully saturated rings. The van der Waals surface area contributed by atoms with Gasteiger partial charge in [0, 0.05) is 23.7 Å². The van der Waals surface area contributed by atoms with Crippen LogP contribution < -0.4 is 10.9 Å². The second-order valence-electron chi connectivity index (χ2n) is 11.4. The Bertz CT molecular complexity index is 1350. The molecule has 0 saturated carbocycles. The molecule has 0 spiro atoms. The minimum atomic E-state index is -3.48. The van der Waals surface area contributed by atoms with E-state index < -0.39 is 45.0 Å². The van der Waals surface area contributed by atoms with Crippen LogP contribution in [0, 0.1) is 11.2 Å². The first-order valence-corrected chi connectivity index (χ1v) is 16.2. The summed E-state index contributed by atoms with van der Waals surface area (Å²) in [5.41, 5.74) is 4.36. The van der Waals surface area contributed by atoms with Crippen molar-refractivity contribution >= 4 is 27.8 Å². The highest BCUT2D eigenvalue weighted by atomic mass is 32.2. The number of rotatable bonds is 18. The van der Waals surface area contributed by atoms with Crippen molar-refractivity contribution in [1.29, 1.82) is 0 Å². The van der Waals surface area contributed by atoms with E-state index in [4.69, 9.17) is 14.6 Å². The number of amides is 1. The lowest BCUT2D eigenvalue weighted by Gasteiger charge is -2.34. The molecule has 0 aromatic heterocycles. The van der Waals surface area contributed by atoms with Crippen molar-refractivity contribution in [3.05, 3.63) is 76.6 Å². The maximum absolute atomic E-state index is 16.3. The number of nitrogens with one attached hydrogen (secondary N) is 2. The zero-order valence-electron chi connectivity index (χ0n) is 25.7. The number of hydrazine groups is 1. The zero-order valence-corrected chi connectivity index (χ0v) is 26.6. The molecule has 2 rings (SSSR count). The van der Waals surface area contributed by atoms with Gasteiger partial charge in [-0.05, 0) is 43.7 Å². The number of esters is 1. The summed E-state index contributed by atoms with van der Waals surface area (Å²) in [7, 11) is -1.95. The van der Waals surface area contributed by atoms with Gasteiger partial charge in [0.2, 0.25) is 5.91 Å². The fourth-order valence-electron chi connectivity index (χ4n) is 5.05. The predicted molar refractivity (Wildman–Crippen MR) is 165 cm³/mol. The average molecular weight is 621 g/mol. The van der Waals surface area contributed by atoms with Gasteiger partial charge in [-0.25, -0.2) is 23.0 Å². The fourth-order valence-corrected chi connectivity index (χ4v) is 6.81. The molecule has 0 radical (unpaired) electrons. The molecule has 1 amide bonds. The monoisotopic (exact) mass is 620 g/mol. The Labute approximate surface area is 254 Å². The number of sulfone groups is 1. The standard InChI is InChI=1S/C32H45FN2O7S/c1-6-42-29(37)24(2)20-26-14-10-15-27(28(26)33)32(30(38)35-34-5,22-41-21-25-12-8-7-9-13-25)17-11-16-31(3,4)23-43(39,40)19-18-36/h7-10,12-15,20,34,36H,6,11,16-19,21-23H2,1-5H3,(H,35,38)/b24-20+. The summed E-state index contributed by atoms with van der Waals surface area (Å²) in [6.45, 7) is 6.57. The van der Waals surface area contributed by atoms with Crippen molar-refractivity contribution in [3.63, 3.8) is 0 Å². The van der Waals surface area contributed by atoms with Gasteiger partial charge in [-0.1, -0.05) is 68.8 Å². The minimum absolute atomic E-state index is 0.0874. The van der Waals surface area contributed by atoms with E-state index in [1.165, 1.54) is 32.2 Å². The van der Waals surface area contributed by atoms with E-state index in [1.807, 2.05) is 44.2 Å². The number of hydrogen-bond acceptors (Lipinski definition) is 8. The van der Waals surface area contributed by atoms with Crippen molar-refractivity contribution in [2.45, 2.75) is 59.0 Å². The van der Waals surface area contributed by atoms with Crippen LogP contribution in [0.25, 0.3) is 6.08 Å². The molecule has 2 aromatic rings. The molecule has 0 bridgehead atoms. The lowest BCUT2D eigenvalue weighted by molar-refractivity contribution is -0.138. The highest BCUT2D eigenvalue weighted by Crippen LogP contribution is 2.37. The van der Waals surface area contributed by atoms with Gasteiger partial charge in [-0.2, -0.15) is 0 Å². The molecular formula is C32H45FN2O7S. The molecule has 2 aromatic carbocycles. The summed E-state index contributed by atoms with van der Waals surface area (Å²) in [5, 5.41) is 9.14. The van der Waals surface area contributed by atoms with Gasteiger partial charge < -0.3 is 14.6 Å². The molecule has 0 heterocycles. The number of carbonyl (C=O) groups is 2. The molecular weight excluding hydrogens is 575 g/mol. The molecule has 0 saturated heterocycles. The van der Waals surface area contributed by atoms with Crippen molar-refractivity contribution in [3.8, 4) is 0 Å². The number of carbonyl (C=O) groups excluding carboxylic acids is 2. The van der Waals surface area contributed by atoms with Gasteiger partial charge in [-0.3, -0.25) is 10.2 Å². The molecule has 0 aliphatic carbocycles. The first-order valence-electron chi connectivity index (χ1n) is 14.4. The summed E-state index contributed by atoms with van der Waals surface area (Å²) in [6.07, 6.45) is 2.31. The van der Waals surface area contributed by atoms with Gasteiger partial charge in [0.05, 0.1) is 37.9 Å². The van der Waals surface area contributed by atoms with Crippen LogP contribution in [0.15, 0.2) is 54.1 Å². The first kappa shape index (κ1) is 36.1. The average Bonchev–Trinajstić information content (AvgIpc) is 2.93. The largest absolute Gasteiger partial charge is 0.463 e. The van der Waals surface area contributed by atoms with Crippen LogP contribution in [0.1, 0.15) is 63.6 Å². The first-order chi connectivity index (χ1) is 20.3. The van der Waals surface area contributed by atoms with Gasteiger partial charge in [0.15, 0.2) is 9.84 Å². The van der Waals surface area contributed by atoms with Crippen LogP contribution in [0.3, 0.4) is 0 Å². The minimum Gasteiger partial charge on any atom is -0.463 e. The lowest BCUT2D eigenvalue weighted by Crippen LogP contribution is -2.52. The van der Waals surface area contributed by atoms with Crippen LogP contribution in [-0.4, -0.2) is 63.8 Å². The smallest absolute Gasteiger partial charge is 0.333 e. The number of hydrogen-bond donors (Lipinski definition) is 3. The van der Waals surface area contributed by atoms with Crippen LogP contribution in [-0.2, 0) is 40.9 Å². The number of aliphatic hydroxyl groups excluding tert-OH is 1. The predicted octanol–water partition coefficient (Wildman–Crippen LogP) is 4.10. The van der Waals surface area contributed by atoms with E-state index in [1.54, 1.807) is 13.0 Å². The molecule has 0 aliphatic rings. The van der Waals surface area contributed by atoms with Gasteiger partial charge in [0.25, 0.3) is 0 Å². The Morgan fingerprint density at radius 3 is 2.40 bits per heavy atom. The van der Waals surface area contributed by atoms with E-state index in [0.29, 0.717) is 12.8 Å². The quantitative estimate of drug-likeness (QED) is 0.129. The molecule has 11 heteroatoms. The van der Waals surface area contributed by atoms with Gasteiger partial charge in [0.1, 0.15) is 11.2 Å². The summed E-state index contributed by atoms with van der Waals surface area (Å²) < 4.78 is 52.3. The SMILES string of the molecule is CCOC(=O)/C(C)=C/c1cccc(C(CCCC(C)(C)CS(=O)(=O)CCO)(COCc2ccccc2)C(=O)NNC)c1F. The normalized spacial score (nSPS) is 13.8. The summed E-state index contributed by atoms with van der Waals surface area (Å²) in [5.74, 6) is -2.23. The Hall–Kier alpha value is -3.12. The van der Waals surface area contributed by atoms with Crippen molar-refractivity contribution in [2.75, 3.05) is 38.4 Å².